The third kappa shape index (κ3) is 2.79. The number of hydrazine groups is 1. The molecule has 0 atom stereocenters. The fourth-order valence-corrected chi connectivity index (χ4v) is 1.55. The summed E-state index contributed by atoms with van der Waals surface area (Å²) in [6.07, 6.45) is 4.32. The molecule has 0 aliphatic carbocycles. The van der Waals surface area contributed by atoms with E-state index in [9.17, 15) is 4.79 Å². The van der Waals surface area contributed by atoms with Crippen LogP contribution in [-0.2, 0) is 0 Å². The number of hydrogen-bond acceptors (Lipinski definition) is 6. The maximum atomic E-state index is 11.9. The zero-order valence-corrected chi connectivity index (χ0v) is 10.7. The average Bonchev–Trinajstić information content (AvgIpc) is 2.41. The van der Waals surface area contributed by atoms with E-state index in [2.05, 4.69) is 41.6 Å². The number of rotatable bonds is 3. The number of anilines is 2. The minimum absolute atomic E-state index is 0.142. The van der Waals surface area contributed by atoms with Crippen LogP contribution in [0.5, 0.6) is 0 Å². The molecule has 18 heavy (non-hydrogen) atoms. The number of halogens is 1. The molecule has 2 aromatic rings. The first-order chi connectivity index (χ1) is 8.70. The molecule has 0 bridgehead atoms. The summed E-state index contributed by atoms with van der Waals surface area (Å²) in [5, 5.41) is 2.61. The molecule has 0 aliphatic heterocycles. The van der Waals surface area contributed by atoms with Crippen molar-refractivity contribution < 1.29 is 4.79 Å². The molecule has 0 aromatic carbocycles. The molecule has 0 saturated heterocycles. The van der Waals surface area contributed by atoms with E-state index in [1.807, 2.05) is 0 Å². The molecule has 0 radical (unpaired) electrons. The lowest BCUT2D eigenvalue weighted by Gasteiger charge is -2.06. The number of nitrogens with one attached hydrogen (secondary N) is 2. The first-order valence-corrected chi connectivity index (χ1v) is 5.70. The Kier molecular flexibility index (Phi) is 3.80. The molecule has 0 spiro atoms. The summed E-state index contributed by atoms with van der Waals surface area (Å²) in [6.45, 7) is 0. The van der Waals surface area contributed by atoms with Crippen molar-refractivity contribution in [2.75, 3.05) is 10.7 Å². The van der Waals surface area contributed by atoms with Gasteiger partial charge in [-0.25, -0.2) is 15.8 Å². The maximum Gasteiger partial charge on any atom is 0.277 e. The lowest BCUT2D eigenvalue weighted by Crippen LogP contribution is -2.17. The molecular weight excluding hydrogens is 300 g/mol. The standard InChI is InChI=1S/C10H9BrN6O/c11-6-2-1-3-14-9(6)16-10(18)7-4-13-5-8(15-7)17-12/h1-5H,12H2,(H,15,17)(H,14,16,18). The van der Waals surface area contributed by atoms with Gasteiger partial charge in [-0.05, 0) is 28.1 Å². The van der Waals surface area contributed by atoms with E-state index >= 15 is 0 Å². The Balaban J connectivity index is 2.19. The number of nitrogen functional groups attached to an aromatic ring is 1. The van der Waals surface area contributed by atoms with Crippen LogP contribution in [0, 0.1) is 0 Å². The molecule has 7 nitrogen and oxygen atoms in total. The molecule has 2 heterocycles. The van der Waals surface area contributed by atoms with Gasteiger partial charge in [-0.15, -0.1) is 0 Å². The van der Waals surface area contributed by atoms with E-state index in [0.717, 1.165) is 0 Å². The molecule has 92 valence electrons. The Bertz CT molecular complexity index is 576. The van der Waals surface area contributed by atoms with Crippen LogP contribution in [0.2, 0.25) is 0 Å². The Morgan fingerprint density at radius 2 is 2.22 bits per heavy atom. The smallest absolute Gasteiger partial charge is 0.277 e. The van der Waals surface area contributed by atoms with Gasteiger partial charge in [0, 0.05) is 6.20 Å². The van der Waals surface area contributed by atoms with E-state index in [0.29, 0.717) is 16.1 Å². The van der Waals surface area contributed by atoms with Crippen molar-refractivity contribution in [2.24, 2.45) is 5.84 Å². The highest BCUT2D eigenvalue weighted by atomic mass is 79.9. The summed E-state index contributed by atoms with van der Waals surface area (Å²) in [4.78, 5) is 23.7. The van der Waals surface area contributed by atoms with Crippen LogP contribution in [0.4, 0.5) is 11.6 Å². The van der Waals surface area contributed by atoms with Crippen LogP contribution in [0.1, 0.15) is 10.5 Å². The molecule has 0 unspecified atom stereocenters. The topological polar surface area (TPSA) is 106 Å². The van der Waals surface area contributed by atoms with E-state index in [4.69, 9.17) is 5.84 Å². The van der Waals surface area contributed by atoms with Gasteiger partial charge in [0.25, 0.3) is 5.91 Å². The van der Waals surface area contributed by atoms with E-state index in [-0.39, 0.29) is 5.69 Å². The van der Waals surface area contributed by atoms with Crippen LogP contribution >= 0.6 is 15.9 Å². The molecule has 0 fully saturated rings. The fraction of sp³-hybridized carbons (Fsp3) is 0. The van der Waals surface area contributed by atoms with Gasteiger partial charge in [0.05, 0.1) is 16.9 Å². The van der Waals surface area contributed by atoms with E-state index in [1.165, 1.54) is 12.4 Å². The number of carbonyl (C=O) groups excluding carboxylic acids is 1. The highest BCUT2D eigenvalue weighted by molar-refractivity contribution is 9.10. The first kappa shape index (κ1) is 12.4. The number of amides is 1. The molecule has 0 aliphatic rings. The number of nitrogens with zero attached hydrogens (tertiary/aromatic N) is 3. The Labute approximate surface area is 111 Å². The SMILES string of the molecule is NNc1cncc(C(=O)Nc2ncccc2Br)n1. The second-order valence-corrected chi connectivity index (χ2v) is 4.08. The Hall–Kier alpha value is -2.06. The monoisotopic (exact) mass is 308 g/mol. The number of pyridine rings is 1. The molecule has 0 saturated carbocycles. The van der Waals surface area contributed by atoms with Crippen LogP contribution in [0.3, 0.4) is 0 Å². The molecule has 1 amide bonds. The highest BCUT2D eigenvalue weighted by Gasteiger charge is 2.11. The quantitative estimate of drug-likeness (QED) is 0.580. The summed E-state index contributed by atoms with van der Waals surface area (Å²) in [5.74, 6) is 5.49. The Morgan fingerprint density at radius 1 is 1.39 bits per heavy atom. The van der Waals surface area contributed by atoms with Gasteiger partial charge in [0.2, 0.25) is 0 Å². The van der Waals surface area contributed by atoms with Crippen LogP contribution in [0.25, 0.3) is 0 Å². The van der Waals surface area contributed by atoms with Crippen molar-refractivity contribution in [1.29, 1.82) is 0 Å². The van der Waals surface area contributed by atoms with Gasteiger partial charge < -0.3 is 10.7 Å². The zero-order valence-electron chi connectivity index (χ0n) is 9.09. The lowest BCUT2D eigenvalue weighted by molar-refractivity contribution is 0.102. The van der Waals surface area contributed by atoms with Gasteiger partial charge in [-0.3, -0.25) is 9.78 Å². The third-order valence-electron chi connectivity index (χ3n) is 2.01. The minimum Gasteiger partial charge on any atom is -0.307 e. The maximum absolute atomic E-state index is 11.9. The number of aromatic nitrogens is 3. The molecule has 8 heteroatoms. The zero-order chi connectivity index (χ0) is 13.0. The molecule has 2 aromatic heterocycles. The molecule has 4 N–H and O–H groups in total. The first-order valence-electron chi connectivity index (χ1n) is 4.91. The molecular formula is C10H9BrN6O. The van der Waals surface area contributed by atoms with Gasteiger partial charge in [0.1, 0.15) is 11.5 Å². The minimum atomic E-state index is -0.418. The third-order valence-corrected chi connectivity index (χ3v) is 2.65. The number of hydrogen-bond donors (Lipinski definition) is 3. The van der Waals surface area contributed by atoms with Gasteiger partial charge in [-0.2, -0.15) is 0 Å². The van der Waals surface area contributed by atoms with Crippen LogP contribution in [-0.4, -0.2) is 20.9 Å². The van der Waals surface area contributed by atoms with Gasteiger partial charge >= 0.3 is 0 Å². The number of carbonyl (C=O) groups is 1. The van der Waals surface area contributed by atoms with Crippen molar-refractivity contribution in [3.8, 4) is 0 Å². The van der Waals surface area contributed by atoms with Crippen LogP contribution < -0.4 is 16.6 Å². The van der Waals surface area contributed by atoms with Crippen molar-refractivity contribution in [3.05, 3.63) is 40.9 Å². The van der Waals surface area contributed by atoms with Crippen molar-refractivity contribution in [2.45, 2.75) is 0 Å². The molecule has 2 rings (SSSR count). The average molecular weight is 309 g/mol. The summed E-state index contributed by atoms with van der Waals surface area (Å²) < 4.78 is 0.680. The van der Waals surface area contributed by atoms with Crippen LogP contribution in [0.15, 0.2) is 35.2 Å². The van der Waals surface area contributed by atoms with E-state index < -0.39 is 5.91 Å². The highest BCUT2D eigenvalue weighted by Crippen LogP contribution is 2.18. The predicted molar refractivity (Wildman–Crippen MR) is 69.7 cm³/mol. The summed E-state index contributed by atoms with van der Waals surface area (Å²) in [7, 11) is 0. The summed E-state index contributed by atoms with van der Waals surface area (Å²) in [6, 6.07) is 3.52. The fourth-order valence-electron chi connectivity index (χ4n) is 1.19. The Morgan fingerprint density at radius 3 is 2.94 bits per heavy atom. The van der Waals surface area contributed by atoms with E-state index in [1.54, 1.807) is 18.3 Å². The van der Waals surface area contributed by atoms with Gasteiger partial charge in [-0.1, -0.05) is 0 Å². The number of nitrogens with two attached hydrogens (primary N) is 1. The summed E-state index contributed by atoms with van der Waals surface area (Å²) >= 11 is 3.28. The lowest BCUT2D eigenvalue weighted by atomic mass is 10.4. The van der Waals surface area contributed by atoms with Gasteiger partial charge in [0.15, 0.2) is 5.82 Å². The van der Waals surface area contributed by atoms with Crippen molar-refractivity contribution in [3.63, 3.8) is 0 Å². The predicted octanol–water partition coefficient (Wildman–Crippen LogP) is 1.17. The van der Waals surface area contributed by atoms with Crippen molar-refractivity contribution in [1.82, 2.24) is 15.0 Å². The van der Waals surface area contributed by atoms with Crippen molar-refractivity contribution >= 4 is 33.5 Å². The normalized spacial score (nSPS) is 9.89. The largest absolute Gasteiger partial charge is 0.307 e. The second-order valence-electron chi connectivity index (χ2n) is 3.22. The second kappa shape index (κ2) is 5.52. The summed E-state index contributed by atoms with van der Waals surface area (Å²) in [5.41, 5.74) is 2.46.